The molecule has 0 radical (unpaired) electrons. The number of nitrogens with two attached hydrogens (primary N) is 1. The summed E-state index contributed by atoms with van der Waals surface area (Å²) < 4.78 is 26.8. The molecule has 10 heteroatoms. The normalized spacial score (nSPS) is 19.8. The van der Waals surface area contributed by atoms with Gasteiger partial charge in [-0.25, -0.2) is 8.42 Å². The fourth-order valence-electron chi connectivity index (χ4n) is 2.74. The van der Waals surface area contributed by atoms with Gasteiger partial charge in [0.2, 0.25) is 5.91 Å². The maximum absolute atomic E-state index is 12.7. The van der Waals surface area contributed by atoms with Gasteiger partial charge < -0.3 is 11.1 Å². The van der Waals surface area contributed by atoms with Gasteiger partial charge in [-0.05, 0) is 31.7 Å². The van der Waals surface area contributed by atoms with Crippen LogP contribution in [0.5, 0.6) is 0 Å². The van der Waals surface area contributed by atoms with E-state index in [1.807, 2.05) is 6.07 Å². The van der Waals surface area contributed by atoms with Crippen LogP contribution < -0.4 is 11.1 Å². The van der Waals surface area contributed by atoms with Crippen molar-refractivity contribution in [1.82, 2.24) is 4.31 Å². The van der Waals surface area contributed by atoms with Gasteiger partial charge in [0.05, 0.1) is 11.6 Å². The minimum absolute atomic E-state index is 0.0275. The number of carbonyl (C=O) groups is 2. The lowest BCUT2D eigenvalue weighted by atomic mass is 10.1. The molecule has 0 atom stereocenters. The Balaban J connectivity index is 1.91. The van der Waals surface area contributed by atoms with Gasteiger partial charge in [-0.3, -0.25) is 9.59 Å². The minimum atomic E-state index is -3.73. The van der Waals surface area contributed by atoms with E-state index in [2.05, 4.69) is 5.32 Å². The number of amides is 2. The summed E-state index contributed by atoms with van der Waals surface area (Å²) in [5, 5.41) is 11.7. The van der Waals surface area contributed by atoms with Crippen LogP contribution in [0, 0.1) is 16.7 Å². The van der Waals surface area contributed by atoms with Crippen molar-refractivity contribution in [2.24, 2.45) is 11.1 Å². The first kappa shape index (κ1) is 17.8. The molecule has 1 aromatic rings. The van der Waals surface area contributed by atoms with E-state index >= 15 is 0 Å². The third kappa shape index (κ3) is 3.27. The van der Waals surface area contributed by atoms with Gasteiger partial charge in [0.15, 0.2) is 0 Å². The summed E-state index contributed by atoms with van der Waals surface area (Å²) in [4.78, 5) is 23.9. The quantitative estimate of drug-likeness (QED) is 0.791. The Morgan fingerprint density at radius 3 is 2.44 bits per heavy atom. The molecule has 3 rings (SSSR count). The van der Waals surface area contributed by atoms with E-state index in [1.165, 1.54) is 10.4 Å². The molecule has 0 bridgehead atoms. The Morgan fingerprint density at radius 2 is 1.92 bits per heavy atom. The van der Waals surface area contributed by atoms with Gasteiger partial charge >= 0.3 is 0 Å². The Kier molecular flexibility index (Phi) is 4.57. The molecule has 134 valence electrons. The molecule has 2 fully saturated rings. The van der Waals surface area contributed by atoms with E-state index in [4.69, 9.17) is 11.0 Å². The number of primary amides is 1. The standard InChI is InChI=1S/C15H18N4O4S2/c16-9-15(4-5-15)14(21)18-13-10(12(17)20)8-11(24-13)25(22,23)19-6-2-1-3-7-19/h8H,1-7H2,(H2,17,20)(H,18,21). The molecule has 0 unspecified atom stereocenters. The molecule has 2 heterocycles. The number of hydrogen-bond donors (Lipinski definition) is 2. The number of rotatable bonds is 5. The third-order valence-corrected chi connectivity index (χ3v) is 7.91. The molecule has 0 aromatic carbocycles. The summed E-state index contributed by atoms with van der Waals surface area (Å²) in [7, 11) is -3.73. The van der Waals surface area contributed by atoms with Crippen molar-refractivity contribution in [3.05, 3.63) is 11.6 Å². The van der Waals surface area contributed by atoms with Crippen LogP contribution in [0.1, 0.15) is 42.5 Å². The van der Waals surface area contributed by atoms with Crippen molar-refractivity contribution < 1.29 is 18.0 Å². The number of hydrogen-bond acceptors (Lipinski definition) is 6. The number of anilines is 1. The second kappa shape index (κ2) is 6.40. The smallest absolute Gasteiger partial charge is 0.252 e. The fraction of sp³-hybridized carbons (Fsp3) is 0.533. The molecule has 1 saturated carbocycles. The highest BCUT2D eigenvalue weighted by atomic mass is 32.2. The second-order valence-corrected chi connectivity index (χ2v) is 9.50. The van der Waals surface area contributed by atoms with Crippen molar-refractivity contribution in [3.8, 4) is 6.07 Å². The highest BCUT2D eigenvalue weighted by molar-refractivity contribution is 7.91. The van der Waals surface area contributed by atoms with Gasteiger partial charge in [-0.15, -0.1) is 11.3 Å². The van der Waals surface area contributed by atoms with Gasteiger partial charge in [0, 0.05) is 13.1 Å². The predicted molar refractivity (Wildman–Crippen MR) is 91.4 cm³/mol. The molecule has 3 N–H and O–H groups in total. The van der Waals surface area contributed by atoms with E-state index in [0.717, 1.165) is 30.6 Å². The maximum atomic E-state index is 12.7. The molecule has 2 amide bonds. The Morgan fingerprint density at radius 1 is 1.28 bits per heavy atom. The average Bonchev–Trinajstić information content (AvgIpc) is 3.29. The molecule has 0 spiro atoms. The number of carbonyl (C=O) groups excluding carboxylic acids is 2. The summed E-state index contributed by atoms with van der Waals surface area (Å²) in [6.07, 6.45) is 3.47. The first-order valence-corrected chi connectivity index (χ1v) is 10.2. The highest BCUT2D eigenvalue weighted by Crippen LogP contribution is 2.46. The number of thiophene rings is 1. The van der Waals surface area contributed by atoms with Crippen molar-refractivity contribution >= 4 is 38.2 Å². The van der Waals surface area contributed by atoms with Crippen molar-refractivity contribution in [2.75, 3.05) is 18.4 Å². The van der Waals surface area contributed by atoms with Crippen LogP contribution >= 0.6 is 11.3 Å². The van der Waals surface area contributed by atoms with Crippen LogP contribution in [0.3, 0.4) is 0 Å². The second-order valence-electron chi connectivity index (χ2n) is 6.29. The van der Waals surface area contributed by atoms with E-state index < -0.39 is 27.3 Å². The van der Waals surface area contributed by atoms with Crippen molar-refractivity contribution in [2.45, 2.75) is 36.3 Å². The maximum Gasteiger partial charge on any atom is 0.252 e. The van der Waals surface area contributed by atoms with Gasteiger partial charge in [-0.1, -0.05) is 6.42 Å². The summed E-state index contributed by atoms with van der Waals surface area (Å²) in [6, 6.07) is 3.17. The lowest BCUT2D eigenvalue weighted by Crippen LogP contribution is -2.35. The zero-order valence-corrected chi connectivity index (χ0v) is 15.1. The first-order chi connectivity index (χ1) is 11.8. The minimum Gasteiger partial charge on any atom is -0.366 e. The lowest BCUT2D eigenvalue weighted by Gasteiger charge is -2.25. The number of nitriles is 1. The zero-order valence-electron chi connectivity index (χ0n) is 13.4. The average molecular weight is 382 g/mol. The summed E-state index contributed by atoms with van der Waals surface area (Å²) in [6.45, 7) is 0.872. The largest absolute Gasteiger partial charge is 0.366 e. The Hall–Kier alpha value is -1.96. The molecule has 25 heavy (non-hydrogen) atoms. The van der Waals surface area contributed by atoms with Crippen LogP contribution in [0.2, 0.25) is 0 Å². The van der Waals surface area contributed by atoms with E-state index in [9.17, 15) is 18.0 Å². The Labute approximate surface area is 149 Å². The Bertz CT molecular complexity index is 859. The summed E-state index contributed by atoms with van der Waals surface area (Å²) in [5.41, 5.74) is 4.19. The monoisotopic (exact) mass is 382 g/mol. The predicted octanol–water partition coefficient (Wildman–Crippen LogP) is 1.26. The number of sulfonamides is 1. The molecule has 1 aliphatic carbocycles. The number of piperidine rings is 1. The molecule has 1 saturated heterocycles. The zero-order chi connectivity index (χ0) is 18.2. The van der Waals surface area contributed by atoms with E-state index in [-0.39, 0.29) is 14.8 Å². The number of nitrogens with one attached hydrogen (secondary N) is 1. The van der Waals surface area contributed by atoms with Crippen LogP contribution in [0.4, 0.5) is 5.00 Å². The van der Waals surface area contributed by atoms with Gasteiger partial charge in [-0.2, -0.15) is 9.57 Å². The first-order valence-electron chi connectivity index (χ1n) is 7.97. The summed E-state index contributed by atoms with van der Waals surface area (Å²) >= 11 is 0.799. The number of nitrogens with zero attached hydrogens (tertiary/aromatic N) is 2. The van der Waals surface area contributed by atoms with Crippen LogP contribution in [0.25, 0.3) is 0 Å². The molecular weight excluding hydrogens is 364 g/mol. The molecular formula is C15H18N4O4S2. The van der Waals surface area contributed by atoms with E-state index in [1.54, 1.807) is 0 Å². The van der Waals surface area contributed by atoms with Crippen molar-refractivity contribution in [3.63, 3.8) is 0 Å². The van der Waals surface area contributed by atoms with Crippen LogP contribution in [-0.2, 0) is 14.8 Å². The molecule has 1 aliphatic heterocycles. The topological polar surface area (TPSA) is 133 Å². The van der Waals surface area contributed by atoms with Crippen LogP contribution in [0.15, 0.2) is 10.3 Å². The summed E-state index contributed by atoms with van der Waals surface area (Å²) in [5.74, 6) is -1.35. The van der Waals surface area contributed by atoms with Gasteiger partial charge in [0.1, 0.15) is 14.6 Å². The van der Waals surface area contributed by atoms with E-state index in [0.29, 0.717) is 25.9 Å². The van der Waals surface area contributed by atoms with Gasteiger partial charge in [0.25, 0.3) is 15.9 Å². The van der Waals surface area contributed by atoms with Crippen molar-refractivity contribution in [1.29, 1.82) is 5.26 Å². The fourth-order valence-corrected chi connectivity index (χ4v) is 5.78. The highest BCUT2D eigenvalue weighted by Gasteiger charge is 2.51. The third-order valence-electron chi connectivity index (χ3n) is 4.51. The lowest BCUT2D eigenvalue weighted by molar-refractivity contribution is -0.119. The molecule has 1 aromatic heterocycles. The SMILES string of the molecule is N#CC1(C(=O)Nc2sc(S(=O)(=O)N3CCCCC3)cc2C(N)=O)CC1. The molecule has 2 aliphatic rings. The molecule has 8 nitrogen and oxygen atoms in total. The van der Waals surface area contributed by atoms with Crippen LogP contribution in [-0.4, -0.2) is 37.6 Å².